The molecule has 0 spiro atoms. The molecule has 28 heavy (non-hydrogen) atoms. The molecule has 4 nitrogen and oxygen atoms in total. The van der Waals surface area contributed by atoms with Crippen LogP contribution in [0.4, 0.5) is 8.78 Å². The number of alkyl halides is 3. The largest absolute Gasteiger partial charge is 0.491 e. The lowest BCUT2D eigenvalue weighted by molar-refractivity contribution is -0.0892. The number of nitrogens with zero attached hydrogens (tertiary/aromatic N) is 2. The minimum Gasteiger partial charge on any atom is -0.491 e. The highest BCUT2D eigenvalue weighted by Gasteiger charge is 2.23. The number of hydrogen-bond donors (Lipinski definition) is 0. The van der Waals surface area contributed by atoms with Crippen molar-refractivity contribution in [3.8, 4) is 28.6 Å². The van der Waals surface area contributed by atoms with Gasteiger partial charge in [-0.2, -0.15) is 8.78 Å². The van der Waals surface area contributed by atoms with E-state index in [4.69, 9.17) is 16.3 Å². The Morgan fingerprint density at radius 2 is 1.68 bits per heavy atom. The molecule has 0 saturated carbocycles. The number of aromatic nitrogens is 2. The molecule has 2 aromatic carbocycles. The molecule has 148 valence electrons. The lowest BCUT2D eigenvalue weighted by Gasteiger charge is -2.14. The van der Waals surface area contributed by atoms with Gasteiger partial charge in [0.25, 0.3) is 0 Å². The fourth-order valence-electron chi connectivity index (χ4n) is 2.68. The van der Waals surface area contributed by atoms with Crippen LogP contribution in [0.25, 0.3) is 17.1 Å². The zero-order valence-electron chi connectivity index (χ0n) is 15.4. The molecule has 0 radical (unpaired) electrons. The number of rotatable bonds is 7. The number of hydrogen-bond acceptors (Lipinski definition) is 3. The Bertz CT molecular complexity index is 923. The first-order chi connectivity index (χ1) is 13.2. The molecule has 0 bridgehead atoms. The SMILES string of the molecule is CC(C)Oc1ccc(-n2cc(CCl)nc2-c2ccc(OC(F)(F)P)cc2)cc1. The topological polar surface area (TPSA) is 36.3 Å². The van der Waals surface area contributed by atoms with E-state index >= 15 is 0 Å². The molecule has 1 unspecified atom stereocenters. The van der Waals surface area contributed by atoms with E-state index in [1.165, 1.54) is 21.4 Å². The summed E-state index contributed by atoms with van der Waals surface area (Å²) in [4.78, 5) is 4.56. The third-order valence-corrected chi connectivity index (χ3v) is 4.14. The average Bonchev–Trinajstić information content (AvgIpc) is 3.05. The molecule has 0 saturated heterocycles. The molecule has 0 aliphatic heterocycles. The Hall–Kier alpha value is -2.17. The number of ether oxygens (including phenoxy) is 2. The first-order valence-electron chi connectivity index (χ1n) is 8.62. The summed E-state index contributed by atoms with van der Waals surface area (Å²) >= 11 is 5.97. The van der Waals surface area contributed by atoms with Gasteiger partial charge in [0.15, 0.2) is 0 Å². The highest BCUT2D eigenvalue weighted by atomic mass is 35.5. The van der Waals surface area contributed by atoms with Crippen LogP contribution in [-0.2, 0) is 5.88 Å². The van der Waals surface area contributed by atoms with Gasteiger partial charge in [-0.3, -0.25) is 4.57 Å². The zero-order chi connectivity index (χ0) is 20.3. The van der Waals surface area contributed by atoms with Crippen LogP contribution < -0.4 is 9.47 Å². The Balaban J connectivity index is 1.93. The molecule has 0 aliphatic carbocycles. The van der Waals surface area contributed by atoms with Crippen LogP contribution in [-0.4, -0.2) is 21.5 Å². The number of imidazole rings is 1. The van der Waals surface area contributed by atoms with Crippen molar-refractivity contribution in [3.63, 3.8) is 0 Å². The van der Waals surface area contributed by atoms with Gasteiger partial charge in [-0.1, -0.05) is 0 Å². The second-order valence-electron chi connectivity index (χ2n) is 6.41. The van der Waals surface area contributed by atoms with Crippen molar-refractivity contribution < 1.29 is 18.3 Å². The summed E-state index contributed by atoms with van der Waals surface area (Å²) in [6, 6.07) is 13.9. The molecule has 0 amide bonds. The zero-order valence-corrected chi connectivity index (χ0v) is 17.3. The van der Waals surface area contributed by atoms with Gasteiger partial charge in [-0.05, 0) is 71.6 Å². The number of benzene rings is 2. The van der Waals surface area contributed by atoms with Crippen molar-refractivity contribution in [2.45, 2.75) is 31.7 Å². The fraction of sp³-hybridized carbons (Fsp3) is 0.250. The minimum atomic E-state index is -3.31. The highest BCUT2D eigenvalue weighted by Crippen LogP contribution is 2.30. The van der Waals surface area contributed by atoms with Gasteiger partial charge in [0.1, 0.15) is 17.3 Å². The quantitative estimate of drug-likeness (QED) is 0.351. The molecule has 3 rings (SSSR count). The molecule has 8 heteroatoms. The van der Waals surface area contributed by atoms with E-state index in [9.17, 15) is 8.78 Å². The van der Waals surface area contributed by atoms with Crippen LogP contribution in [0.5, 0.6) is 11.5 Å². The fourth-order valence-corrected chi connectivity index (χ4v) is 2.95. The molecule has 1 heterocycles. The second-order valence-corrected chi connectivity index (χ2v) is 7.35. The Morgan fingerprint density at radius 1 is 1.07 bits per heavy atom. The lowest BCUT2D eigenvalue weighted by atomic mass is 10.2. The normalized spacial score (nSPS) is 11.7. The molecule has 3 aromatic rings. The summed E-state index contributed by atoms with van der Waals surface area (Å²) < 4.78 is 38.1. The molecular weight excluding hydrogens is 405 g/mol. The van der Waals surface area contributed by atoms with E-state index < -0.39 is 5.85 Å². The summed E-state index contributed by atoms with van der Waals surface area (Å²) in [5, 5.41) is 0. The predicted octanol–water partition coefficient (Wildman–Crippen LogP) is 5.87. The van der Waals surface area contributed by atoms with Gasteiger partial charge in [-0.25, -0.2) is 4.98 Å². The third-order valence-electron chi connectivity index (χ3n) is 3.75. The number of halogens is 3. The maximum absolute atomic E-state index is 13.0. The average molecular weight is 425 g/mol. The van der Waals surface area contributed by atoms with E-state index in [2.05, 4.69) is 9.72 Å². The van der Waals surface area contributed by atoms with Crippen molar-refractivity contribution in [1.82, 2.24) is 9.55 Å². The van der Waals surface area contributed by atoms with Crippen molar-refractivity contribution in [2.24, 2.45) is 0 Å². The maximum Gasteiger partial charge on any atom is 0.408 e. The van der Waals surface area contributed by atoms with Gasteiger partial charge >= 0.3 is 5.85 Å². The van der Waals surface area contributed by atoms with Crippen LogP contribution in [0.1, 0.15) is 19.5 Å². The van der Waals surface area contributed by atoms with Crippen LogP contribution in [0.3, 0.4) is 0 Å². The molecule has 1 aromatic heterocycles. The summed E-state index contributed by atoms with van der Waals surface area (Å²) in [7, 11) is 1.35. The van der Waals surface area contributed by atoms with E-state index in [0.29, 0.717) is 11.5 Å². The summed E-state index contributed by atoms with van der Waals surface area (Å²) in [6.07, 6.45) is 1.94. The predicted molar refractivity (Wildman–Crippen MR) is 110 cm³/mol. The molecule has 1 atom stereocenters. The Morgan fingerprint density at radius 3 is 2.21 bits per heavy atom. The van der Waals surface area contributed by atoms with Gasteiger partial charge < -0.3 is 9.47 Å². The second kappa shape index (κ2) is 8.46. The minimum absolute atomic E-state index is 0.0645. The van der Waals surface area contributed by atoms with Crippen molar-refractivity contribution in [1.29, 1.82) is 0 Å². The van der Waals surface area contributed by atoms with Crippen LogP contribution in [0.15, 0.2) is 54.7 Å². The van der Waals surface area contributed by atoms with Crippen molar-refractivity contribution in [3.05, 3.63) is 60.4 Å². The molecule has 0 aliphatic rings. The summed E-state index contributed by atoms with van der Waals surface area (Å²) in [5.74, 6) is -1.56. The lowest BCUT2D eigenvalue weighted by Crippen LogP contribution is -2.14. The maximum atomic E-state index is 13.0. The van der Waals surface area contributed by atoms with Gasteiger partial charge in [0.05, 0.1) is 17.7 Å². The molecular formula is C20H20ClF2N2O2P. The van der Waals surface area contributed by atoms with E-state index in [0.717, 1.165) is 17.0 Å². The van der Waals surface area contributed by atoms with E-state index in [1.807, 2.05) is 48.9 Å². The standard InChI is InChI=1S/C20H20ClF2N2O2P/c1-13(2)26-17-9-5-16(6-10-17)25-12-15(11-21)24-19(25)14-3-7-18(8-4-14)27-20(22,23)28/h3-10,12-13H,11,28H2,1-2H3. The third kappa shape index (κ3) is 5.21. The van der Waals surface area contributed by atoms with Crippen LogP contribution in [0.2, 0.25) is 0 Å². The Labute approximate surface area is 169 Å². The smallest absolute Gasteiger partial charge is 0.408 e. The monoisotopic (exact) mass is 424 g/mol. The molecule has 0 N–H and O–H groups in total. The van der Waals surface area contributed by atoms with Crippen LogP contribution >= 0.6 is 20.8 Å². The van der Waals surface area contributed by atoms with Gasteiger partial charge in [0, 0.05) is 17.4 Å². The van der Waals surface area contributed by atoms with Gasteiger partial charge in [-0.15, -0.1) is 11.6 Å². The van der Waals surface area contributed by atoms with Crippen LogP contribution in [0, 0.1) is 0 Å². The van der Waals surface area contributed by atoms with E-state index in [1.54, 1.807) is 12.1 Å². The highest BCUT2D eigenvalue weighted by molar-refractivity contribution is 7.17. The van der Waals surface area contributed by atoms with Crippen molar-refractivity contribution >= 4 is 20.8 Å². The summed E-state index contributed by atoms with van der Waals surface area (Å²) in [5.41, 5.74) is 2.33. The first kappa shape index (κ1) is 20.6. The summed E-state index contributed by atoms with van der Waals surface area (Å²) in [6.45, 7) is 3.93. The Kier molecular flexibility index (Phi) is 6.21. The van der Waals surface area contributed by atoms with Gasteiger partial charge in [0.2, 0.25) is 0 Å². The van der Waals surface area contributed by atoms with E-state index in [-0.39, 0.29) is 17.7 Å². The first-order valence-corrected chi connectivity index (χ1v) is 9.74. The van der Waals surface area contributed by atoms with Crippen molar-refractivity contribution in [2.75, 3.05) is 0 Å². The molecule has 0 fully saturated rings.